The Labute approximate surface area is 80.6 Å². The van der Waals surface area contributed by atoms with Gasteiger partial charge in [0, 0.05) is 17.2 Å². The number of nitrogens with zero attached hydrogens (tertiary/aromatic N) is 1. The summed E-state index contributed by atoms with van der Waals surface area (Å²) in [5.74, 6) is -1.11. The van der Waals surface area contributed by atoms with Crippen molar-refractivity contribution in [2.75, 3.05) is 0 Å². The molecule has 0 radical (unpaired) electrons. The van der Waals surface area contributed by atoms with Crippen molar-refractivity contribution in [1.82, 2.24) is 4.90 Å². The van der Waals surface area contributed by atoms with Crippen molar-refractivity contribution < 1.29 is 14.7 Å². The van der Waals surface area contributed by atoms with E-state index < -0.39 is 5.97 Å². The molecule has 2 atom stereocenters. The Morgan fingerprint density at radius 3 is 2.69 bits per heavy atom. The lowest BCUT2D eigenvalue weighted by Gasteiger charge is -2.37. The Morgan fingerprint density at radius 2 is 2.31 bits per heavy atom. The summed E-state index contributed by atoms with van der Waals surface area (Å²) in [6.07, 6.45) is 0.446. The summed E-state index contributed by atoms with van der Waals surface area (Å²) in [6, 6.07) is 0.0334. The number of carbonyl (C=O) groups is 2. The molecule has 2 aliphatic rings. The van der Waals surface area contributed by atoms with E-state index in [9.17, 15) is 9.59 Å². The molecular weight excluding hydrogens is 190 g/mol. The van der Waals surface area contributed by atoms with Crippen LogP contribution in [-0.4, -0.2) is 27.9 Å². The highest BCUT2D eigenvalue weighted by molar-refractivity contribution is 7.84. The maximum atomic E-state index is 11.1. The number of aliphatic carboxylic acids is 1. The molecule has 0 aromatic rings. The van der Waals surface area contributed by atoms with Crippen LogP contribution in [-0.2, 0) is 9.59 Å². The van der Waals surface area contributed by atoms with Crippen molar-refractivity contribution in [2.24, 2.45) is 5.92 Å². The third-order valence-electron chi connectivity index (χ3n) is 2.68. The van der Waals surface area contributed by atoms with Gasteiger partial charge in [0.15, 0.2) is 0 Å². The molecule has 0 aromatic heterocycles. The molecule has 70 valence electrons. The fraction of sp³-hybridized carbons (Fsp3) is 0.500. The van der Waals surface area contributed by atoms with E-state index in [1.54, 1.807) is 0 Å². The van der Waals surface area contributed by atoms with Crippen LogP contribution in [0.15, 0.2) is 10.6 Å². The number of amides is 1. The highest BCUT2D eigenvalue weighted by atomic mass is 32.1. The van der Waals surface area contributed by atoms with Gasteiger partial charge in [-0.3, -0.25) is 4.79 Å². The minimum Gasteiger partial charge on any atom is -0.477 e. The standard InChI is InChI=1S/C8H9NO3S/c1-3-4-2-5(10)9(4)6(7(3)13)8(11)12/h3-4,13H,2H2,1H3,(H,11,12)/t3-,4+/m1/s1. The predicted molar refractivity (Wildman–Crippen MR) is 48.1 cm³/mol. The zero-order chi connectivity index (χ0) is 9.75. The number of hydrogen-bond donors (Lipinski definition) is 2. The first-order valence-corrected chi connectivity index (χ1v) is 4.47. The number of β-lactam (4-membered cyclic amide) rings is 1. The van der Waals surface area contributed by atoms with E-state index in [1.807, 2.05) is 6.92 Å². The molecule has 0 spiro atoms. The average molecular weight is 199 g/mol. The first-order chi connectivity index (χ1) is 6.04. The smallest absolute Gasteiger partial charge is 0.353 e. The average Bonchev–Trinajstić information content (AvgIpc) is 2.24. The molecule has 1 amide bonds. The lowest BCUT2D eigenvalue weighted by Crippen LogP contribution is -2.51. The van der Waals surface area contributed by atoms with Crippen LogP contribution in [0.2, 0.25) is 0 Å². The molecule has 2 heterocycles. The van der Waals surface area contributed by atoms with Gasteiger partial charge < -0.3 is 10.0 Å². The minimum atomic E-state index is -1.06. The van der Waals surface area contributed by atoms with Gasteiger partial charge in [0.25, 0.3) is 0 Å². The summed E-state index contributed by atoms with van der Waals surface area (Å²) in [5, 5.41) is 8.84. The van der Waals surface area contributed by atoms with Crippen LogP contribution in [0.1, 0.15) is 13.3 Å². The number of rotatable bonds is 1. The molecule has 0 aromatic carbocycles. The quantitative estimate of drug-likeness (QED) is 0.476. The van der Waals surface area contributed by atoms with Crippen LogP contribution >= 0.6 is 12.6 Å². The van der Waals surface area contributed by atoms with Crippen molar-refractivity contribution in [3.63, 3.8) is 0 Å². The van der Waals surface area contributed by atoms with Gasteiger partial charge in [-0.1, -0.05) is 6.92 Å². The molecule has 0 saturated carbocycles. The van der Waals surface area contributed by atoms with Crippen molar-refractivity contribution >= 4 is 24.5 Å². The van der Waals surface area contributed by atoms with E-state index >= 15 is 0 Å². The third-order valence-corrected chi connectivity index (χ3v) is 3.30. The first kappa shape index (κ1) is 8.62. The van der Waals surface area contributed by atoms with E-state index in [-0.39, 0.29) is 23.6 Å². The van der Waals surface area contributed by atoms with Gasteiger partial charge in [-0.25, -0.2) is 4.79 Å². The Balaban J connectivity index is 2.41. The van der Waals surface area contributed by atoms with E-state index in [1.165, 1.54) is 4.90 Å². The normalized spacial score (nSPS) is 31.8. The van der Waals surface area contributed by atoms with Gasteiger partial charge in [0.2, 0.25) is 5.91 Å². The summed E-state index contributed by atoms with van der Waals surface area (Å²) in [7, 11) is 0. The molecular formula is C8H9NO3S. The minimum absolute atomic E-state index is 0.0334. The maximum Gasteiger partial charge on any atom is 0.353 e. The second-order valence-electron chi connectivity index (χ2n) is 3.36. The molecule has 2 aliphatic heterocycles. The van der Waals surface area contributed by atoms with Gasteiger partial charge in [-0.2, -0.15) is 0 Å². The number of carboxylic acid groups (broad SMARTS) is 1. The molecule has 2 rings (SSSR count). The molecule has 0 bridgehead atoms. The van der Waals surface area contributed by atoms with E-state index in [2.05, 4.69) is 12.6 Å². The fourth-order valence-corrected chi connectivity index (χ4v) is 2.24. The molecule has 0 aliphatic carbocycles. The summed E-state index contributed by atoms with van der Waals surface area (Å²) >= 11 is 4.13. The molecule has 1 fully saturated rings. The Morgan fingerprint density at radius 1 is 1.69 bits per heavy atom. The third kappa shape index (κ3) is 0.934. The van der Waals surface area contributed by atoms with Crippen LogP contribution < -0.4 is 0 Å². The Kier molecular flexibility index (Phi) is 1.66. The summed E-state index contributed by atoms with van der Waals surface area (Å²) in [6.45, 7) is 1.89. The zero-order valence-electron chi connectivity index (χ0n) is 7.02. The second kappa shape index (κ2) is 2.51. The number of carboxylic acids is 1. The molecule has 1 saturated heterocycles. The summed E-state index contributed by atoms with van der Waals surface area (Å²) in [5.41, 5.74) is 0.0667. The Bertz CT molecular complexity index is 336. The summed E-state index contributed by atoms with van der Waals surface area (Å²) in [4.78, 5) is 23.8. The molecule has 13 heavy (non-hydrogen) atoms. The molecule has 0 unspecified atom stereocenters. The number of fused-ring (bicyclic) bond motifs is 1. The zero-order valence-corrected chi connectivity index (χ0v) is 7.91. The molecule has 4 nitrogen and oxygen atoms in total. The fourth-order valence-electron chi connectivity index (χ4n) is 1.87. The van der Waals surface area contributed by atoms with Crippen LogP contribution in [0.5, 0.6) is 0 Å². The number of hydrogen-bond acceptors (Lipinski definition) is 3. The lowest BCUT2D eigenvalue weighted by molar-refractivity contribution is -0.148. The Hall–Kier alpha value is -0.970. The summed E-state index contributed by atoms with van der Waals surface area (Å²) < 4.78 is 0. The lowest BCUT2D eigenvalue weighted by atomic mass is 9.94. The van der Waals surface area contributed by atoms with Gasteiger partial charge in [-0.15, -0.1) is 12.6 Å². The van der Waals surface area contributed by atoms with Crippen molar-refractivity contribution in [3.8, 4) is 0 Å². The van der Waals surface area contributed by atoms with Crippen LogP contribution in [0.25, 0.3) is 0 Å². The molecule has 5 heteroatoms. The predicted octanol–water partition coefficient (Wildman–Crippen LogP) is 0.463. The second-order valence-corrected chi connectivity index (χ2v) is 3.84. The highest BCUT2D eigenvalue weighted by Gasteiger charge is 2.50. The van der Waals surface area contributed by atoms with Gasteiger partial charge in [-0.05, 0) is 0 Å². The van der Waals surface area contributed by atoms with Gasteiger partial charge in [0.05, 0.1) is 6.04 Å². The largest absolute Gasteiger partial charge is 0.477 e. The molecule has 1 N–H and O–H groups in total. The van der Waals surface area contributed by atoms with Gasteiger partial charge >= 0.3 is 5.97 Å². The number of thiol groups is 1. The van der Waals surface area contributed by atoms with Gasteiger partial charge in [0.1, 0.15) is 5.70 Å². The van der Waals surface area contributed by atoms with E-state index in [0.717, 1.165) is 0 Å². The van der Waals surface area contributed by atoms with Crippen LogP contribution in [0.4, 0.5) is 0 Å². The van der Waals surface area contributed by atoms with Crippen molar-refractivity contribution in [3.05, 3.63) is 10.6 Å². The monoisotopic (exact) mass is 199 g/mol. The van der Waals surface area contributed by atoms with Crippen LogP contribution in [0, 0.1) is 5.92 Å². The van der Waals surface area contributed by atoms with Crippen LogP contribution in [0.3, 0.4) is 0 Å². The topological polar surface area (TPSA) is 57.6 Å². The number of carbonyl (C=O) groups excluding carboxylic acids is 1. The van der Waals surface area contributed by atoms with E-state index in [4.69, 9.17) is 5.11 Å². The van der Waals surface area contributed by atoms with E-state index in [0.29, 0.717) is 11.3 Å². The van der Waals surface area contributed by atoms with Crippen molar-refractivity contribution in [1.29, 1.82) is 0 Å². The van der Waals surface area contributed by atoms with Crippen molar-refractivity contribution in [2.45, 2.75) is 19.4 Å². The SMILES string of the molecule is C[C@H]1C(S)=C(C(=O)O)N2C(=O)C[C@@H]12. The first-order valence-electron chi connectivity index (χ1n) is 4.02. The maximum absolute atomic E-state index is 11.1. The highest BCUT2D eigenvalue weighted by Crippen LogP contribution is 2.43.